The average molecular weight is 368 g/mol. The number of nitriles is 1. The Labute approximate surface area is 158 Å². The molecular weight excluding hydrogens is 344 g/mol. The molecule has 7 heteroatoms. The van der Waals surface area contributed by atoms with Gasteiger partial charge in [-0.15, -0.1) is 0 Å². The molecular formula is C20H24N4O3. The summed E-state index contributed by atoms with van der Waals surface area (Å²) in [5.74, 6) is -0.00652. The summed E-state index contributed by atoms with van der Waals surface area (Å²) >= 11 is 0. The first kappa shape index (κ1) is 18.8. The van der Waals surface area contributed by atoms with E-state index in [4.69, 9.17) is 10.00 Å². The lowest BCUT2D eigenvalue weighted by atomic mass is 9.93. The molecule has 0 spiro atoms. The lowest BCUT2D eigenvalue weighted by Crippen LogP contribution is -2.34. The summed E-state index contributed by atoms with van der Waals surface area (Å²) in [4.78, 5) is 28.8. The zero-order chi connectivity index (χ0) is 19.2. The Balaban J connectivity index is 1.63. The zero-order valence-electron chi connectivity index (χ0n) is 15.5. The summed E-state index contributed by atoms with van der Waals surface area (Å²) in [5, 5.41) is 8.91. The number of aromatic nitrogens is 2. The van der Waals surface area contributed by atoms with Crippen LogP contribution in [-0.2, 0) is 16.1 Å². The van der Waals surface area contributed by atoms with Crippen LogP contribution in [0.25, 0.3) is 0 Å². The van der Waals surface area contributed by atoms with E-state index >= 15 is 0 Å². The van der Waals surface area contributed by atoms with E-state index in [0.29, 0.717) is 18.7 Å². The number of nitrogens with one attached hydrogen (secondary N) is 1. The van der Waals surface area contributed by atoms with E-state index in [1.54, 1.807) is 17.7 Å². The molecule has 1 saturated heterocycles. The van der Waals surface area contributed by atoms with Crippen LogP contribution >= 0.6 is 0 Å². The number of ether oxygens (including phenoxy) is 1. The van der Waals surface area contributed by atoms with Crippen molar-refractivity contribution in [3.63, 3.8) is 0 Å². The van der Waals surface area contributed by atoms with E-state index in [0.717, 1.165) is 37.3 Å². The predicted molar refractivity (Wildman–Crippen MR) is 102 cm³/mol. The molecule has 2 heterocycles. The summed E-state index contributed by atoms with van der Waals surface area (Å²) in [5.41, 5.74) is 2.56. The Morgan fingerprint density at radius 1 is 1.30 bits per heavy atom. The number of carbonyl (C=O) groups is 1. The van der Waals surface area contributed by atoms with Gasteiger partial charge < -0.3 is 14.6 Å². The van der Waals surface area contributed by atoms with E-state index < -0.39 is 0 Å². The van der Waals surface area contributed by atoms with E-state index in [9.17, 15) is 9.59 Å². The maximum atomic E-state index is 12.1. The molecule has 0 amide bonds. The molecule has 0 radical (unpaired) electrons. The minimum absolute atomic E-state index is 0.177. The highest BCUT2D eigenvalue weighted by Gasteiger charge is 2.24. The minimum atomic E-state index is -0.285. The Morgan fingerprint density at radius 2 is 2.00 bits per heavy atom. The smallest absolute Gasteiger partial charge is 0.325 e. The molecule has 1 N–H and O–H groups in total. The van der Waals surface area contributed by atoms with Crippen LogP contribution in [0.2, 0.25) is 0 Å². The predicted octanol–water partition coefficient (Wildman–Crippen LogP) is 2.39. The number of H-pyrrole nitrogens is 1. The lowest BCUT2D eigenvalue weighted by molar-refractivity contribution is -0.143. The normalized spacial score (nSPS) is 14.7. The van der Waals surface area contributed by atoms with Gasteiger partial charge in [-0.25, -0.2) is 4.79 Å². The van der Waals surface area contributed by atoms with Gasteiger partial charge in [0.2, 0.25) is 0 Å². The van der Waals surface area contributed by atoms with Crippen LogP contribution in [0, 0.1) is 11.3 Å². The van der Waals surface area contributed by atoms with Crippen molar-refractivity contribution in [3.05, 3.63) is 52.2 Å². The molecule has 1 aromatic heterocycles. The summed E-state index contributed by atoms with van der Waals surface area (Å²) in [7, 11) is 0. The quantitative estimate of drug-likeness (QED) is 0.791. The van der Waals surface area contributed by atoms with Gasteiger partial charge in [-0.2, -0.15) is 5.26 Å². The molecule has 0 bridgehead atoms. The first-order valence-electron chi connectivity index (χ1n) is 9.31. The van der Waals surface area contributed by atoms with Crippen molar-refractivity contribution in [1.29, 1.82) is 5.26 Å². The first-order valence-corrected chi connectivity index (χ1v) is 9.31. The minimum Gasteiger partial charge on any atom is -0.466 e. The molecule has 1 aliphatic heterocycles. The summed E-state index contributed by atoms with van der Waals surface area (Å²) in [6.45, 7) is 4.23. The van der Waals surface area contributed by atoms with Crippen LogP contribution < -0.4 is 10.6 Å². The number of imidazole rings is 1. The van der Waals surface area contributed by atoms with Gasteiger partial charge in [-0.1, -0.05) is 0 Å². The van der Waals surface area contributed by atoms with Gasteiger partial charge in [-0.3, -0.25) is 9.36 Å². The van der Waals surface area contributed by atoms with Gasteiger partial charge in [0.05, 0.1) is 24.7 Å². The molecule has 0 atom stereocenters. The summed E-state index contributed by atoms with van der Waals surface area (Å²) < 4.78 is 6.62. The number of anilines is 1. The standard InChI is InChI=1S/C20H24N4O3/c1-2-27-19(25)9-12-24-18(14-22-20(24)26)16-7-10-23(11-8-16)17-5-3-15(13-21)4-6-17/h3-6,14,16H,2,7-12H2,1H3,(H,22,26). The second-order valence-corrected chi connectivity index (χ2v) is 6.65. The van der Waals surface area contributed by atoms with Crippen LogP contribution in [0.15, 0.2) is 35.3 Å². The van der Waals surface area contributed by atoms with Crippen molar-refractivity contribution in [2.75, 3.05) is 24.6 Å². The number of aromatic amines is 1. The maximum absolute atomic E-state index is 12.1. The van der Waals surface area contributed by atoms with E-state index in [2.05, 4.69) is 16.0 Å². The first-order chi connectivity index (χ1) is 13.1. The molecule has 0 aliphatic carbocycles. The van der Waals surface area contributed by atoms with Crippen LogP contribution in [0.5, 0.6) is 0 Å². The van der Waals surface area contributed by atoms with Crippen molar-refractivity contribution in [2.45, 2.75) is 38.6 Å². The topological polar surface area (TPSA) is 91.1 Å². The van der Waals surface area contributed by atoms with Gasteiger partial charge >= 0.3 is 11.7 Å². The summed E-state index contributed by atoms with van der Waals surface area (Å²) in [6, 6.07) is 9.76. The van der Waals surface area contributed by atoms with Crippen LogP contribution in [0.1, 0.15) is 43.4 Å². The molecule has 1 fully saturated rings. The fraction of sp³-hybridized carbons (Fsp3) is 0.450. The molecule has 1 aliphatic rings. The highest BCUT2D eigenvalue weighted by Crippen LogP contribution is 2.30. The number of carbonyl (C=O) groups excluding carboxylic acids is 1. The van der Waals surface area contributed by atoms with Crippen LogP contribution in [-0.4, -0.2) is 35.2 Å². The van der Waals surface area contributed by atoms with Crippen LogP contribution in [0.4, 0.5) is 5.69 Å². The van der Waals surface area contributed by atoms with Crippen molar-refractivity contribution >= 4 is 11.7 Å². The van der Waals surface area contributed by atoms with Gasteiger partial charge in [0, 0.05) is 43.1 Å². The number of benzene rings is 1. The third kappa shape index (κ3) is 4.40. The highest BCUT2D eigenvalue weighted by molar-refractivity contribution is 5.69. The molecule has 0 saturated carbocycles. The zero-order valence-corrected chi connectivity index (χ0v) is 15.5. The number of piperidine rings is 1. The average Bonchev–Trinajstić information content (AvgIpc) is 3.07. The molecule has 0 unspecified atom stereocenters. The molecule has 142 valence electrons. The number of nitrogens with zero attached hydrogens (tertiary/aromatic N) is 3. The summed E-state index contributed by atoms with van der Waals surface area (Å²) in [6.07, 6.45) is 3.83. The molecule has 1 aromatic carbocycles. The number of hydrogen-bond donors (Lipinski definition) is 1. The number of rotatable bonds is 6. The largest absolute Gasteiger partial charge is 0.466 e. The van der Waals surface area contributed by atoms with E-state index in [1.807, 2.05) is 24.3 Å². The molecule has 7 nitrogen and oxygen atoms in total. The van der Waals surface area contributed by atoms with Gasteiger partial charge in [0.1, 0.15) is 0 Å². The number of esters is 1. The SMILES string of the molecule is CCOC(=O)CCn1c(C2CCN(c3ccc(C#N)cc3)CC2)c[nH]c1=O. The second-order valence-electron chi connectivity index (χ2n) is 6.65. The van der Waals surface area contributed by atoms with Gasteiger partial charge in [-0.05, 0) is 44.0 Å². The lowest BCUT2D eigenvalue weighted by Gasteiger charge is -2.33. The van der Waals surface area contributed by atoms with Crippen molar-refractivity contribution < 1.29 is 9.53 Å². The Kier molecular flexibility index (Phi) is 5.97. The Bertz CT molecular complexity index is 868. The third-order valence-electron chi connectivity index (χ3n) is 5.02. The van der Waals surface area contributed by atoms with E-state index in [-0.39, 0.29) is 24.0 Å². The second kappa shape index (κ2) is 8.58. The molecule has 27 heavy (non-hydrogen) atoms. The van der Waals surface area contributed by atoms with E-state index in [1.165, 1.54) is 0 Å². The van der Waals surface area contributed by atoms with Crippen LogP contribution in [0.3, 0.4) is 0 Å². The monoisotopic (exact) mass is 368 g/mol. The Hall–Kier alpha value is -3.01. The Morgan fingerprint density at radius 3 is 2.63 bits per heavy atom. The molecule has 3 rings (SSSR count). The highest BCUT2D eigenvalue weighted by atomic mass is 16.5. The van der Waals surface area contributed by atoms with Crippen molar-refractivity contribution in [2.24, 2.45) is 0 Å². The fourth-order valence-electron chi connectivity index (χ4n) is 3.59. The number of hydrogen-bond acceptors (Lipinski definition) is 5. The van der Waals surface area contributed by atoms with Crippen molar-refractivity contribution in [1.82, 2.24) is 9.55 Å². The fourth-order valence-corrected chi connectivity index (χ4v) is 3.59. The van der Waals surface area contributed by atoms with Crippen molar-refractivity contribution in [3.8, 4) is 6.07 Å². The third-order valence-corrected chi connectivity index (χ3v) is 5.02. The molecule has 2 aromatic rings. The van der Waals surface area contributed by atoms with Gasteiger partial charge in [0.25, 0.3) is 0 Å². The van der Waals surface area contributed by atoms with Gasteiger partial charge in [0.15, 0.2) is 0 Å². The maximum Gasteiger partial charge on any atom is 0.325 e.